The van der Waals surface area contributed by atoms with Gasteiger partial charge in [0.25, 0.3) is 10.0 Å². The smallest absolute Gasteiger partial charge is 0.264 e. The molecule has 1 aliphatic rings. The van der Waals surface area contributed by atoms with E-state index >= 15 is 0 Å². The fourth-order valence-corrected chi connectivity index (χ4v) is 4.24. The Kier molecular flexibility index (Phi) is 4.08. The molecule has 0 bridgehead atoms. The van der Waals surface area contributed by atoms with Gasteiger partial charge in [0, 0.05) is 38.9 Å². The van der Waals surface area contributed by atoms with Crippen molar-refractivity contribution in [3.05, 3.63) is 36.2 Å². The van der Waals surface area contributed by atoms with Crippen LogP contribution in [0.2, 0.25) is 0 Å². The van der Waals surface area contributed by atoms with E-state index in [9.17, 15) is 13.2 Å². The number of sulfonamides is 1. The maximum atomic E-state index is 12.9. The predicted octanol–water partition coefficient (Wildman–Crippen LogP) is 1.68. The zero-order chi connectivity index (χ0) is 17.5. The van der Waals surface area contributed by atoms with Gasteiger partial charge < -0.3 is 4.90 Å². The lowest BCUT2D eigenvalue weighted by Gasteiger charge is -2.21. The number of aromatic nitrogens is 2. The molecule has 1 amide bonds. The number of hydrogen-bond acceptors (Lipinski definition) is 4. The molecule has 0 spiro atoms. The molecule has 0 aliphatic carbocycles. The molecule has 1 fully saturated rings. The highest BCUT2D eigenvalue weighted by molar-refractivity contribution is 7.92. The summed E-state index contributed by atoms with van der Waals surface area (Å²) in [7, 11) is -0.450. The Labute approximate surface area is 141 Å². The number of carbonyl (C=O) groups excluding carboxylic acids is 1. The van der Waals surface area contributed by atoms with Crippen LogP contribution in [-0.2, 0) is 21.9 Å². The molecule has 7 nitrogen and oxygen atoms in total. The topological polar surface area (TPSA) is 75.5 Å². The SMILES string of the molecule is Cc1cc(N2CCCC2=O)ccc1S(=O)(=O)N(C)c1cnn(C)c1. The molecule has 0 unspecified atom stereocenters. The second kappa shape index (κ2) is 5.94. The van der Waals surface area contributed by atoms with Crippen molar-refractivity contribution in [2.24, 2.45) is 7.05 Å². The molecular weight excluding hydrogens is 328 g/mol. The lowest BCUT2D eigenvalue weighted by atomic mass is 10.2. The third kappa shape index (κ3) is 2.77. The molecule has 2 heterocycles. The van der Waals surface area contributed by atoms with Crippen LogP contribution >= 0.6 is 0 Å². The van der Waals surface area contributed by atoms with Gasteiger partial charge in [-0.1, -0.05) is 0 Å². The highest BCUT2D eigenvalue weighted by Crippen LogP contribution is 2.28. The molecule has 0 radical (unpaired) electrons. The average Bonchev–Trinajstić information content (AvgIpc) is 3.14. The third-order valence-corrected chi connectivity index (χ3v) is 6.18. The summed E-state index contributed by atoms with van der Waals surface area (Å²) in [5.74, 6) is 0.0810. The molecule has 128 valence electrons. The molecule has 2 aromatic rings. The van der Waals surface area contributed by atoms with Crippen molar-refractivity contribution in [3.63, 3.8) is 0 Å². The van der Waals surface area contributed by atoms with Gasteiger partial charge >= 0.3 is 0 Å². The predicted molar refractivity (Wildman–Crippen MR) is 91.6 cm³/mol. The number of rotatable bonds is 4. The van der Waals surface area contributed by atoms with Gasteiger partial charge in [-0.3, -0.25) is 13.8 Å². The Morgan fingerprint density at radius 1 is 1.29 bits per heavy atom. The van der Waals surface area contributed by atoms with E-state index < -0.39 is 10.0 Å². The Hall–Kier alpha value is -2.35. The highest BCUT2D eigenvalue weighted by Gasteiger charge is 2.26. The van der Waals surface area contributed by atoms with Crippen molar-refractivity contribution >= 4 is 27.3 Å². The van der Waals surface area contributed by atoms with Crippen molar-refractivity contribution in [3.8, 4) is 0 Å². The van der Waals surface area contributed by atoms with Crippen LogP contribution in [0, 0.1) is 6.92 Å². The van der Waals surface area contributed by atoms with E-state index in [1.54, 1.807) is 47.9 Å². The van der Waals surface area contributed by atoms with Gasteiger partial charge in [0.15, 0.2) is 0 Å². The summed E-state index contributed by atoms with van der Waals surface area (Å²) < 4.78 is 28.5. The van der Waals surface area contributed by atoms with Gasteiger partial charge in [-0.25, -0.2) is 8.42 Å². The first-order chi connectivity index (χ1) is 11.3. The molecular formula is C16H20N4O3S. The van der Waals surface area contributed by atoms with Crippen LogP contribution in [0.5, 0.6) is 0 Å². The van der Waals surface area contributed by atoms with E-state index in [1.807, 2.05) is 0 Å². The van der Waals surface area contributed by atoms with E-state index in [-0.39, 0.29) is 10.8 Å². The monoisotopic (exact) mass is 348 g/mol. The second-order valence-electron chi connectivity index (χ2n) is 5.94. The average molecular weight is 348 g/mol. The minimum atomic E-state index is -3.69. The quantitative estimate of drug-likeness (QED) is 0.842. The minimum absolute atomic E-state index is 0.0810. The number of benzene rings is 1. The zero-order valence-corrected chi connectivity index (χ0v) is 14.7. The van der Waals surface area contributed by atoms with Gasteiger partial charge in [0.1, 0.15) is 0 Å². The fraction of sp³-hybridized carbons (Fsp3) is 0.375. The molecule has 3 rings (SSSR count). The lowest BCUT2D eigenvalue weighted by Crippen LogP contribution is -2.27. The van der Waals surface area contributed by atoms with E-state index in [1.165, 1.54) is 17.5 Å². The molecule has 24 heavy (non-hydrogen) atoms. The second-order valence-corrected chi connectivity index (χ2v) is 7.88. The molecule has 0 N–H and O–H groups in total. The Balaban J connectivity index is 1.95. The number of aryl methyl sites for hydroxylation is 2. The first-order valence-electron chi connectivity index (χ1n) is 7.69. The lowest BCUT2D eigenvalue weighted by molar-refractivity contribution is -0.117. The van der Waals surface area contributed by atoms with Crippen molar-refractivity contribution < 1.29 is 13.2 Å². The maximum absolute atomic E-state index is 12.9. The summed E-state index contributed by atoms with van der Waals surface area (Å²) in [6.45, 7) is 2.42. The summed E-state index contributed by atoms with van der Waals surface area (Å²) in [5, 5.41) is 4.01. The van der Waals surface area contributed by atoms with Gasteiger partial charge in [0.05, 0.1) is 16.8 Å². The molecule has 8 heteroatoms. The van der Waals surface area contributed by atoms with E-state index in [0.29, 0.717) is 24.2 Å². The Morgan fingerprint density at radius 2 is 2.04 bits per heavy atom. The Bertz CT molecular complexity index is 888. The largest absolute Gasteiger partial charge is 0.312 e. The molecule has 0 saturated carbocycles. The number of hydrogen-bond donors (Lipinski definition) is 0. The fourth-order valence-electron chi connectivity index (χ4n) is 2.87. The van der Waals surface area contributed by atoms with Crippen LogP contribution in [0.1, 0.15) is 18.4 Å². The summed E-state index contributed by atoms with van der Waals surface area (Å²) in [6.07, 6.45) is 4.53. The molecule has 1 aliphatic heterocycles. The van der Waals surface area contributed by atoms with Crippen molar-refractivity contribution in [1.29, 1.82) is 0 Å². The van der Waals surface area contributed by atoms with Crippen LogP contribution in [-0.4, -0.2) is 37.7 Å². The van der Waals surface area contributed by atoms with Gasteiger partial charge in [-0.05, 0) is 37.1 Å². The van der Waals surface area contributed by atoms with Crippen molar-refractivity contribution in [1.82, 2.24) is 9.78 Å². The summed E-state index contributed by atoms with van der Waals surface area (Å²) in [6, 6.07) is 5.02. The van der Waals surface area contributed by atoms with Crippen LogP contribution in [0.15, 0.2) is 35.5 Å². The maximum Gasteiger partial charge on any atom is 0.264 e. The first-order valence-corrected chi connectivity index (χ1v) is 9.13. The van der Waals surface area contributed by atoms with Crippen molar-refractivity contribution in [2.45, 2.75) is 24.7 Å². The van der Waals surface area contributed by atoms with Gasteiger partial charge in [-0.2, -0.15) is 5.10 Å². The van der Waals surface area contributed by atoms with Crippen LogP contribution < -0.4 is 9.21 Å². The normalized spacial score (nSPS) is 15.1. The van der Waals surface area contributed by atoms with E-state index in [0.717, 1.165) is 12.1 Å². The summed E-state index contributed by atoms with van der Waals surface area (Å²) >= 11 is 0. The summed E-state index contributed by atoms with van der Waals surface area (Å²) in [4.78, 5) is 13.8. The third-order valence-electron chi connectivity index (χ3n) is 4.24. The van der Waals surface area contributed by atoms with Gasteiger partial charge in [-0.15, -0.1) is 0 Å². The van der Waals surface area contributed by atoms with Crippen LogP contribution in [0.3, 0.4) is 0 Å². The van der Waals surface area contributed by atoms with Gasteiger partial charge in [0.2, 0.25) is 5.91 Å². The zero-order valence-electron chi connectivity index (χ0n) is 13.9. The Morgan fingerprint density at radius 3 is 2.58 bits per heavy atom. The van der Waals surface area contributed by atoms with Crippen molar-refractivity contribution in [2.75, 3.05) is 22.8 Å². The molecule has 1 aromatic carbocycles. The highest BCUT2D eigenvalue weighted by atomic mass is 32.2. The van der Waals surface area contributed by atoms with Crippen LogP contribution in [0.25, 0.3) is 0 Å². The molecule has 1 aromatic heterocycles. The standard InChI is InChI=1S/C16H20N4O3S/c1-12-9-13(20-8-4-5-16(20)21)6-7-15(12)24(22,23)19(3)14-10-17-18(2)11-14/h6-7,9-11H,4-5,8H2,1-3H3. The number of amides is 1. The molecule has 0 atom stereocenters. The summed E-state index contributed by atoms with van der Waals surface area (Å²) in [5.41, 5.74) is 1.86. The van der Waals surface area contributed by atoms with E-state index in [4.69, 9.17) is 0 Å². The minimum Gasteiger partial charge on any atom is -0.312 e. The number of carbonyl (C=O) groups is 1. The molecule has 1 saturated heterocycles. The first kappa shape index (κ1) is 16.5. The number of anilines is 2. The number of nitrogens with zero attached hydrogens (tertiary/aromatic N) is 4. The van der Waals surface area contributed by atoms with Crippen LogP contribution in [0.4, 0.5) is 11.4 Å². The van der Waals surface area contributed by atoms with E-state index in [2.05, 4.69) is 5.10 Å².